The van der Waals surface area contributed by atoms with Gasteiger partial charge >= 0.3 is 0 Å². The molecule has 0 aliphatic rings. The first-order chi connectivity index (χ1) is 9.57. The van der Waals surface area contributed by atoms with E-state index in [2.05, 4.69) is 4.72 Å². The fraction of sp³-hybridized carbons (Fsp3) is 0.571. The molecule has 2 N–H and O–H groups in total. The zero-order valence-electron chi connectivity index (χ0n) is 12.9. The summed E-state index contributed by atoms with van der Waals surface area (Å²) in [7, 11) is 0.285. The van der Waals surface area contributed by atoms with E-state index in [-0.39, 0.29) is 21.9 Å². The molecular weight excluding hydrogens is 312 g/mol. The highest BCUT2D eigenvalue weighted by molar-refractivity contribution is 7.89. The minimum Gasteiger partial charge on any atom is -0.392 e. The van der Waals surface area contributed by atoms with Gasteiger partial charge in [-0.2, -0.15) is 0 Å². The Morgan fingerprint density at radius 3 is 2.43 bits per heavy atom. The standard InChI is InChI=1S/C14H23ClN2O3S/c1-14(2,10-17(3)4)9-16-21(19,20)12-6-5-11(8-18)13(15)7-12/h5-7,16,18H,8-10H2,1-4H3. The Bertz CT molecular complexity index is 586. The van der Waals surface area contributed by atoms with E-state index >= 15 is 0 Å². The van der Waals surface area contributed by atoms with E-state index in [9.17, 15) is 8.42 Å². The monoisotopic (exact) mass is 334 g/mol. The number of aliphatic hydroxyl groups is 1. The Morgan fingerprint density at radius 2 is 1.95 bits per heavy atom. The highest BCUT2D eigenvalue weighted by Crippen LogP contribution is 2.22. The summed E-state index contributed by atoms with van der Waals surface area (Å²) in [5.74, 6) is 0. The van der Waals surface area contributed by atoms with Crippen LogP contribution in [0.5, 0.6) is 0 Å². The molecule has 5 nitrogen and oxygen atoms in total. The Balaban J connectivity index is 2.85. The van der Waals surface area contributed by atoms with E-state index in [1.807, 2.05) is 32.8 Å². The van der Waals surface area contributed by atoms with E-state index in [1.165, 1.54) is 18.2 Å². The van der Waals surface area contributed by atoms with E-state index in [0.717, 1.165) is 6.54 Å². The van der Waals surface area contributed by atoms with Gasteiger partial charge in [0.25, 0.3) is 0 Å². The van der Waals surface area contributed by atoms with Crippen molar-refractivity contribution in [2.75, 3.05) is 27.2 Å². The van der Waals surface area contributed by atoms with Crippen molar-refractivity contribution in [2.45, 2.75) is 25.3 Å². The van der Waals surface area contributed by atoms with Gasteiger partial charge in [-0.1, -0.05) is 31.5 Å². The number of halogens is 1. The summed E-state index contributed by atoms with van der Waals surface area (Å²) in [5.41, 5.74) is 0.314. The van der Waals surface area contributed by atoms with Crippen LogP contribution < -0.4 is 4.72 Å². The first-order valence-corrected chi connectivity index (χ1v) is 8.47. The molecule has 7 heteroatoms. The summed E-state index contributed by atoms with van der Waals surface area (Å²) in [5, 5.41) is 9.30. The van der Waals surface area contributed by atoms with Crippen molar-refractivity contribution in [3.63, 3.8) is 0 Å². The first-order valence-electron chi connectivity index (χ1n) is 6.61. The molecule has 0 heterocycles. The molecule has 0 unspecified atom stereocenters. The van der Waals surface area contributed by atoms with E-state index in [0.29, 0.717) is 12.1 Å². The molecule has 120 valence electrons. The lowest BCUT2D eigenvalue weighted by atomic mass is 9.93. The number of nitrogens with zero attached hydrogens (tertiary/aromatic N) is 1. The largest absolute Gasteiger partial charge is 0.392 e. The van der Waals surface area contributed by atoms with Gasteiger partial charge < -0.3 is 10.0 Å². The number of aliphatic hydroxyl groups excluding tert-OH is 1. The average molecular weight is 335 g/mol. The molecule has 0 aliphatic carbocycles. The number of hydrogen-bond donors (Lipinski definition) is 2. The maximum Gasteiger partial charge on any atom is 0.240 e. The molecule has 1 rings (SSSR count). The fourth-order valence-electron chi connectivity index (χ4n) is 2.11. The molecule has 0 saturated carbocycles. The van der Waals surface area contributed by atoms with Gasteiger partial charge in [-0.3, -0.25) is 0 Å². The first kappa shape index (κ1) is 18.4. The summed E-state index contributed by atoms with van der Waals surface area (Å²) in [6, 6.07) is 4.31. The Kier molecular flexibility index (Phi) is 6.19. The number of rotatable bonds is 7. The highest BCUT2D eigenvalue weighted by Gasteiger charge is 2.23. The number of benzene rings is 1. The fourth-order valence-corrected chi connectivity index (χ4v) is 3.68. The number of sulfonamides is 1. The summed E-state index contributed by atoms with van der Waals surface area (Å²) in [6.07, 6.45) is 0. The van der Waals surface area contributed by atoms with Gasteiger partial charge in [-0.05, 0) is 37.2 Å². The molecule has 0 atom stereocenters. The zero-order chi connectivity index (χ0) is 16.3. The molecule has 0 radical (unpaired) electrons. The minimum atomic E-state index is -3.61. The van der Waals surface area contributed by atoms with Crippen molar-refractivity contribution >= 4 is 21.6 Å². The zero-order valence-corrected chi connectivity index (χ0v) is 14.4. The van der Waals surface area contributed by atoms with Crippen LogP contribution >= 0.6 is 11.6 Å². The lowest BCUT2D eigenvalue weighted by Gasteiger charge is -2.28. The third-order valence-electron chi connectivity index (χ3n) is 2.99. The van der Waals surface area contributed by atoms with Crippen molar-refractivity contribution in [3.8, 4) is 0 Å². The van der Waals surface area contributed by atoms with Crippen LogP contribution in [-0.4, -0.2) is 45.6 Å². The molecule has 1 aromatic rings. The topological polar surface area (TPSA) is 69.6 Å². The highest BCUT2D eigenvalue weighted by atomic mass is 35.5. The van der Waals surface area contributed by atoms with Crippen molar-refractivity contribution in [2.24, 2.45) is 5.41 Å². The average Bonchev–Trinajstić information content (AvgIpc) is 2.35. The molecule has 0 aliphatic heterocycles. The number of hydrogen-bond acceptors (Lipinski definition) is 4. The van der Waals surface area contributed by atoms with Gasteiger partial charge in [0.2, 0.25) is 10.0 Å². The van der Waals surface area contributed by atoms with Crippen molar-refractivity contribution < 1.29 is 13.5 Å². The van der Waals surface area contributed by atoms with Crippen LogP contribution in [0.2, 0.25) is 5.02 Å². The smallest absolute Gasteiger partial charge is 0.240 e. The Morgan fingerprint density at radius 1 is 1.33 bits per heavy atom. The van der Waals surface area contributed by atoms with Gasteiger partial charge in [0, 0.05) is 18.1 Å². The van der Waals surface area contributed by atoms with Crippen LogP contribution in [-0.2, 0) is 16.6 Å². The van der Waals surface area contributed by atoms with Crippen LogP contribution in [0.25, 0.3) is 0 Å². The second-order valence-electron chi connectivity index (χ2n) is 6.14. The Hall–Kier alpha value is -0.660. The van der Waals surface area contributed by atoms with E-state index in [1.54, 1.807) is 0 Å². The summed E-state index contributed by atoms with van der Waals surface area (Å²) in [4.78, 5) is 2.12. The van der Waals surface area contributed by atoms with Gasteiger partial charge in [0.15, 0.2) is 0 Å². The third kappa shape index (κ3) is 5.56. The maximum atomic E-state index is 12.3. The molecule has 0 amide bonds. The quantitative estimate of drug-likeness (QED) is 0.796. The van der Waals surface area contributed by atoms with Crippen LogP contribution in [0.3, 0.4) is 0 Å². The predicted octanol–water partition coefficient (Wildman–Crippen LogP) is 1.70. The van der Waals surface area contributed by atoms with Gasteiger partial charge in [0.05, 0.1) is 11.5 Å². The maximum absolute atomic E-state index is 12.3. The van der Waals surface area contributed by atoms with E-state index in [4.69, 9.17) is 16.7 Å². The number of nitrogens with one attached hydrogen (secondary N) is 1. The summed E-state index contributed by atoms with van der Waals surface area (Å²) < 4.78 is 27.2. The molecule has 0 fully saturated rings. The molecule has 0 aromatic heterocycles. The summed E-state index contributed by atoms with van der Waals surface area (Å²) >= 11 is 5.94. The summed E-state index contributed by atoms with van der Waals surface area (Å²) in [6.45, 7) is 4.86. The lowest BCUT2D eigenvalue weighted by molar-refractivity contribution is 0.242. The van der Waals surface area contributed by atoms with Crippen LogP contribution in [0, 0.1) is 5.41 Å². The van der Waals surface area contributed by atoms with Crippen LogP contribution in [0.1, 0.15) is 19.4 Å². The van der Waals surface area contributed by atoms with Crippen molar-refractivity contribution in [1.82, 2.24) is 9.62 Å². The van der Waals surface area contributed by atoms with Gasteiger partial charge in [-0.15, -0.1) is 0 Å². The lowest BCUT2D eigenvalue weighted by Crippen LogP contribution is -2.39. The Labute approximate surface area is 132 Å². The third-order valence-corrected chi connectivity index (χ3v) is 4.74. The van der Waals surface area contributed by atoms with Crippen LogP contribution in [0.4, 0.5) is 0 Å². The second kappa shape index (κ2) is 7.07. The van der Waals surface area contributed by atoms with Crippen LogP contribution in [0.15, 0.2) is 23.1 Å². The normalized spacial score (nSPS) is 12.9. The van der Waals surface area contributed by atoms with E-state index < -0.39 is 10.0 Å². The molecule has 1 aromatic carbocycles. The van der Waals surface area contributed by atoms with Gasteiger partial charge in [0.1, 0.15) is 0 Å². The molecule has 0 spiro atoms. The second-order valence-corrected chi connectivity index (χ2v) is 8.31. The molecule has 0 saturated heterocycles. The van der Waals surface area contributed by atoms with Gasteiger partial charge in [-0.25, -0.2) is 13.1 Å². The van der Waals surface area contributed by atoms with Crippen molar-refractivity contribution in [3.05, 3.63) is 28.8 Å². The predicted molar refractivity (Wildman–Crippen MR) is 84.9 cm³/mol. The van der Waals surface area contributed by atoms with Crippen molar-refractivity contribution in [1.29, 1.82) is 0 Å². The minimum absolute atomic E-state index is 0.102. The molecule has 21 heavy (non-hydrogen) atoms. The molecule has 0 bridgehead atoms. The molecular formula is C14H23ClN2O3S. The SMILES string of the molecule is CN(C)CC(C)(C)CNS(=O)(=O)c1ccc(CO)c(Cl)c1.